The number of nitrogens with zero attached hydrogens (tertiary/aromatic N) is 2. The van der Waals surface area contributed by atoms with Crippen molar-refractivity contribution in [3.63, 3.8) is 0 Å². The number of benzene rings is 3. The number of unbranched alkanes of at least 4 members (excludes halogenated alkanes) is 1. The van der Waals surface area contributed by atoms with E-state index in [1.165, 1.54) is 7.11 Å². The summed E-state index contributed by atoms with van der Waals surface area (Å²) in [6.45, 7) is 8.61. The fourth-order valence-electron chi connectivity index (χ4n) is 4.38. The third kappa shape index (κ3) is 10.9. The van der Waals surface area contributed by atoms with Crippen LogP contribution in [0.1, 0.15) is 42.1 Å². The number of ether oxygens (including phenoxy) is 4. The van der Waals surface area contributed by atoms with Crippen molar-refractivity contribution in [3.05, 3.63) is 83.9 Å². The number of hydrogen-bond donors (Lipinski definition) is 2. The Morgan fingerprint density at radius 3 is 2.20 bits per heavy atom. The molecule has 1 saturated heterocycles. The minimum Gasteiger partial charge on any atom is -0.494 e. The molecule has 0 unspecified atom stereocenters. The van der Waals surface area contributed by atoms with Crippen molar-refractivity contribution in [1.29, 1.82) is 0 Å². The maximum Gasteiger partial charge on any atom is 0.413 e. The number of fused-ring (bicyclic) bond motifs is 1. The number of carbonyl (C=O) groups excluding carboxylic acids is 2. The molecule has 2 heterocycles. The Kier molecular flexibility index (Phi) is 14.5. The van der Waals surface area contributed by atoms with E-state index in [1.807, 2.05) is 42.5 Å². The molecule has 11 heteroatoms. The molecule has 5 rings (SSSR count). The van der Waals surface area contributed by atoms with Crippen LogP contribution < -0.4 is 14.8 Å². The molecular formula is C33H41ClN4O6. The van der Waals surface area contributed by atoms with Crippen molar-refractivity contribution in [3.8, 4) is 11.5 Å². The molecule has 4 aromatic rings. The predicted molar refractivity (Wildman–Crippen MR) is 173 cm³/mol. The molecule has 0 saturated carbocycles. The molecule has 0 aliphatic carbocycles. The summed E-state index contributed by atoms with van der Waals surface area (Å²) in [5.74, 6) is 2.04. The molecule has 3 aromatic carbocycles. The molecule has 44 heavy (non-hydrogen) atoms. The molecular weight excluding hydrogens is 584 g/mol. The number of carbonyl (C=O) groups is 2. The molecule has 1 aromatic heterocycles. The van der Waals surface area contributed by atoms with Crippen LogP contribution in [0.25, 0.3) is 11.0 Å². The predicted octanol–water partition coefficient (Wildman–Crippen LogP) is 6.36. The zero-order valence-corrected chi connectivity index (χ0v) is 26.1. The van der Waals surface area contributed by atoms with Gasteiger partial charge in [-0.05, 0) is 55.3 Å². The van der Waals surface area contributed by atoms with Gasteiger partial charge in [-0.3, -0.25) is 15.0 Å². The second kappa shape index (κ2) is 18.5. The minimum atomic E-state index is -0.611. The quantitative estimate of drug-likeness (QED) is 0.138. The number of rotatable bonds is 12. The van der Waals surface area contributed by atoms with Crippen molar-refractivity contribution in [1.82, 2.24) is 14.9 Å². The Morgan fingerprint density at radius 2 is 1.57 bits per heavy atom. The average molecular weight is 625 g/mol. The summed E-state index contributed by atoms with van der Waals surface area (Å²) < 4.78 is 21.2. The van der Waals surface area contributed by atoms with E-state index >= 15 is 0 Å². The van der Waals surface area contributed by atoms with Gasteiger partial charge in [-0.1, -0.05) is 43.7 Å². The minimum absolute atomic E-state index is 0. The highest BCUT2D eigenvalue weighted by atomic mass is 35.5. The van der Waals surface area contributed by atoms with E-state index in [9.17, 15) is 9.59 Å². The van der Waals surface area contributed by atoms with E-state index in [1.54, 1.807) is 30.3 Å². The third-order valence-electron chi connectivity index (χ3n) is 6.77. The highest BCUT2D eigenvalue weighted by Crippen LogP contribution is 2.19. The van der Waals surface area contributed by atoms with E-state index in [4.69, 9.17) is 14.2 Å². The number of halogens is 1. The van der Waals surface area contributed by atoms with E-state index < -0.39 is 6.09 Å². The molecule has 2 N–H and O–H groups in total. The monoisotopic (exact) mass is 624 g/mol. The van der Waals surface area contributed by atoms with Crippen molar-refractivity contribution < 1.29 is 28.5 Å². The van der Waals surface area contributed by atoms with Crippen LogP contribution in [-0.2, 0) is 9.47 Å². The first-order valence-electron chi connectivity index (χ1n) is 14.7. The van der Waals surface area contributed by atoms with Crippen LogP contribution in [-0.4, -0.2) is 79.9 Å². The van der Waals surface area contributed by atoms with Gasteiger partial charge in [0.1, 0.15) is 11.5 Å². The number of aromatic amines is 1. The van der Waals surface area contributed by atoms with Crippen LogP contribution in [0.5, 0.6) is 11.5 Å². The second-order valence-corrected chi connectivity index (χ2v) is 9.96. The van der Waals surface area contributed by atoms with Crippen molar-refractivity contribution in [2.75, 3.05) is 58.5 Å². The zero-order chi connectivity index (χ0) is 30.3. The summed E-state index contributed by atoms with van der Waals surface area (Å²) in [4.78, 5) is 33.1. The zero-order valence-electron chi connectivity index (χ0n) is 25.3. The number of H-pyrrole nitrogens is 1. The molecule has 0 atom stereocenters. The van der Waals surface area contributed by atoms with Crippen molar-refractivity contribution in [2.24, 2.45) is 0 Å². The summed E-state index contributed by atoms with van der Waals surface area (Å²) in [5.41, 5.74) is 2.48. The molecule has 0 spiro atoms. The van der Waals surface area contributed by atoms with Crippen LogP contribution in [0.2, 0.25) is 0 Å². The first-order valence-corrected chi connectivity index (χ1v) is 14.7. The molecule has 10 nitrogen and oxygen atoms in total. The maximum absolute atomic E-state index is 12.4. The van der Waals surface area contributed by atoms with Gasteiger partial charge in [0.25, 0.3) is 0 Å². The highest BCUT2D eigenvalue weighted by molar-refractivity contribution is 6.10. The summed E-state index contributed by atoms with van der Waals surface area (Å²) in [6, 6.07) is 22.1. The number of methoxy groups -OCH3 is 1. The van der Waals surface area contributed by atoms with Gasteiger partial charge in [-0.25, -0.2) is 9.78 Å². The largest absolute Gasteiger partial charge is 0.494 e. The maximum atomic E-state index is 12.4. The lowest BCUT2D eigenvalue weighted by molar-refractivity contribution is 0.0358. The molecule has 1 aliphatic heterocycles. The third-order valence-corrected chi connectivity index (χ3v) is 6.77. The standard InChI is InChI=1S/C17H27NO3.C16H13N3O3.ClH/c1-2-3-12-20-16-5-7-17(8-6-16)21-13-4-9-18-10-14-19-15-11-18;1-22-16(21)19-15-17-12-8-7-11(9-13(12)18-15)14(20)10-5-3-2-4-6-10;/h5-8H,2-4,9-15H2,1H3;2-9H,1H3,(H2,17,18,19,21);1H. The number of nitrogens with one attached hydrogen (secondary N) is 2. The fraction of sp³-hybridized carbons (Fsp3) is 0.364. The average Bonchev–Trinajstić information content (AvgIpc) is 3.46. The van der Waals surface area contributed by atoms with E-state index in [0.717, 1.165) is 76.8 Å². The van der Waals surface area contributed by atoms with Crippen LogP contribution in [0.3, 0.4) is 0 Å². The van der Waals surface area contributed by atoms with Gasteiger partial charge >= 0.3 is 6.09 Å². The van der Waals surface area contributed by atoms with Crippen molar-refractivity contribution in [2.45, 2.75) is 26.2 Å². The number of hydrogen-bond acceptors (Lipinski definition) is 8. The molecule has 1 amide bonds. The number of ketones is 1. The van der Waals surface area contributed by atoms with Gasteiger partial charge in [-0.2, -0.15) is 0 Å². The highest BCUT2D eigenvalue weighted by Gasteiger charge is 2.12. The number of imidazole rings is 1. The lowest BCUT2D eigenvalue weighted by atomic mass is 10.0. The Balaban J connectivity index is 0.000000235. The molecule has 0 radical (unpaired) electrons. The molecule has 1 aliphatic rings. The molecule has 236 valence electrons. The van der Waals surface area contributed by atoms with Crippen molar-refractivity contribution >= 4 is 41.3 Å². The van der Waals surface area contributed by atoms with Gasteiger partial charge in [-0.15, -0.1) is 12.4 Å². The number of anilines is 1. The van der Waals surface area contributed by atoms with Gasteiger partial charge in [0.15, 0.2) is 5.78 Å². The van der Waals surface area contributed by atoms with Crippen LogP contribution in [0.4, 0.5) is 10.7 Å². The normalized spacial score (nSPS) is 12.8. The topological polar surface area (TPSA) is 115 Å². The van der Waals surface area contributed by atoms with E-state index in [-0.39, 0.29) is 24.1 Å². The number of aromatic nitrogens is 2. The van der Waals surface area contributed by atoms with Gasteiger partial charge in [0.2, 0.25) is 5.95 Å². The summed E-state index contributed by atoms with van der Waals surface area (Å²) in [7, 11) is 1.27. The fourth-order valence-corrected chi connectivity index (χ4v) is 4.38. The molecule has 0 bridgehead atoms. The van der Waals surface area contributed by atoms with E-state index in [2.05, 4.69) is 31.8 Å². The van der Waals surface area contributed by atoms with E-state index in [0.29, 0.717) is 22.2 Å². The van der Waals surface area contributed by atoms with Gasteiger partial charge in [0.05, 0.1) is 44.6 Å². The lowest BCUT2D eigenvalue weighted by Crippen LogP contribution is -2.37. The van der Waals surface area contributed by atoms with Crippen LogP contribution in [0.15, 0.2) is 72.8 Å². The number of amides is 1. The van der Waals surface area contributed by atoms with Gasteiger partial charge < -0.3 is 23.9 Å². The SMILES string of the molecule is CCCCOc1ccc(OCCCN2CCOCC2)cc1.COC(=O)Nc1nc2ccc(C(=O)c3ccccc3)cc2[nH]1.Cl. The first-order chi connectivity index (χ1) is 21.1. The van der Waals surface area contributed by atoms with Crippen LogP contribution in [0, 0.1) is 0 Å². The van der Waals surface area contributed by atoms with Crippen LogP contribution >= 0.6 is 12.4 Å². The Bertz CT molecular complexity index is 1430. The summed E-state index contributed by atoms with van der Waals surface area (Å²) in [6.07, 6.45) is 2.69. The molecule has 1 fully saturated rings. The Hall–Kier alpha value is -4.12. The first kappa shape index (κ1) is 34.4. The Morgan fingerprint density at radius 1 is 0.909 bits per heavy atom. The Labute approximate surface area is 264 Å². The smallest absolute Gasteiger partial charge is 0.413 e. The number of morpholine rings is 1. The summed E-state index contributed by atoms with van der Waals surface area (Å²) >= 11 is 0. The lowest BCUT2D eigenvalue weighted by Gasteiger charge is -2.26. The second-order valence-electron chi connectivity index (χ2n) is 9.96. The van der Waals surface area contributed by atoms with Gasteiger partial charge in [0, 0.05) is 30.8 Å². The summed E-state index contributed by atoms with van der Waals surface area (Å²) in [5, 5.41) is 2.45.